The number of rotatable bonds is 9. The molecular weight excluding hydrogens is 675 g/mol. The number of nitrogens with zero attached hydrogens (tertiary/aromatic N) is 6. The van der Waals surface area contributed by atoms with E-state index in [1.54, 1.807) is 13.8 Å². The second-order valence-electron chi connectivity index (χ2n) is 12.5. The third kappa shape index (κ3) is 5.63. The lowest BCUT2D eigenvalue weighted by molar-refractivity contribution is 0.0728. The van der Waals surface area contributed by atoms with Gasteiger partial charge in [-0.3, -0.25) is 0 Å². The van der Waals surface area contributed by atoms with Crippen LogP contribution >= 0.6 is 47.8 Å². The van der Waals surface area contributed by atoms with E-state index >= 15 is 0 Å². The Labute approximate surface area is 253 Å². The molecule has 0 unspecified atom stereocenters. The van der Waals surface area contributed by atoms with Crippen LogP contribution in [-0.2, 0) is 5.60 Å². The van der Waals surface area contributed by atoms with E-state index in [1.165, 1.54) is 0 Å². The molecule has 0 aliphatic carbocycles. The summed E-state index contributed by atoms with van der Waals surface area (Å²) in [6.45, 7) is 25.4. The van der Waals surface area contributed by atoms with E-state index in [4.69, 9.17) is 15.3 Å². The molecule has 0 atom stereocenters. The predicted octanol–water partition coefficient (Wildman–Crippen LogP) is 8.07. The minimum atomic E-state index is -1.74. The Morgan fingerprint density at radius 3 is 1.18 bits per heavy atom. The zero-order valence-electron chi connectivity index (χ0n) is 24.9. The minimum absolute atomic E-state index is 0.139. The fraction of sp³-hybridized carbons (Fsp3) is 0.667. The molecule has 38 heavy (non-hydrogen) atoms. The summed E-state index contributed by atoms with van der Waals surface area (Å²) in [6.07, 6.45) is 0. The quantitative estimate of drug-likeness (QED) is 0.227. The van der Waals surface area contributed by atoms with E-state index in [1.807, 2.05) is 0 Å². The molecule has 0 saturated heterocycles. The molecule has 3 rings (SSSR count). The van der Waals surface area contributed by atoms with Gasteiger partial charge >= 0.3 is 7.12 Å². The van der Waals surface area contributed by atoms with Crippen LogP contribution in [0.15, 0.2) is 13.4 Å². The lowest BCUT2D eigenvalue weighted by Gasteiger charge is -2.34. The molecule has 3 aromatic heterocycles. The van der Waals surface area contributed by atoms with Crippen molar-refractivity contribution in [2.45, 2.75) is 118 Å². The topological polar surface area (TPSA) is 73.7 Å². The van der Waals surface area contributed by atoms with Crippen LogP contribution in [-0.4, -0.2) is 41.3 Å². The van der Waals surface area contributed by atoms with Crippen LogP contribution in [0.25, 0.3) is 0 Å². The number of aliphatic hydroxyl groups is 1. The molecule has 1 N–H and O–H groups in total. The summed E-state index contributed by atoms with van der Waals surface area (Å²) < 4.78 is 9.34. The normalized spacial score (nSPS) is 13.1. The van der Waals surface area contributed by atoms with E-state index < -0.39 is 12.7 Å². The maximum Gasteiger partial charge on any atom is 0.326 e. The van der Waals surface area contributed by atoms with Crippen molar-refractivity contribution in [3.63, 3.8) is 0 Å². The molecule has 3 aromatic rings. The van der Waals surface area contributed by atoms with E-state index in [-0.39, 0.29) is 29.6 Å². The van der Waals surface area contributed by atoms with Crippen LogP contribution in [0, 0.1) is 0 Å². The number of hydrogen-bond acceptors (Lipinski definition) is 4. The molecule has 0 fully saturated rings. The molecule has 11 heteroatoms. The van der Waals surface area contributed by atoms with Crippen molar-refractivity contribution in [1.82, 2.24) is 29.1 Å². The maximum atomic E-state index is 11.1. The summed E-state index contributed by atoms with van der Waals surface area (Å²) in [5, 5.41) is 26.7. The van der Waals surface area contributed by atoms with E-state index in [9.17, 15) is 5.11 Å². The molecule has 3 heterocycles. The Morgan fingerprint density at radius 1 is 0.579 bits per heavy atom. The zero-order chi connectivity index (χ0) is 29.0. The van der Waals surface area contributed by atoms with Gasteiger partial charge in [0.25, 0.3) is 0 Å². The Balaban J connectivity index is 2.58. The van der Waals surface area contributed by atoms with Crippen LogP contribution in [0.4, 0.5) is 0 Å². The van der Waals surface area contributed by atoms with Gasteiger partial charge in [0.15, 0.2) is 0 Å². The molecule has 0 aliphatic heterocycles. The highest BCUT2D eigenvalue weighted by Gasteiger charge is 2.34. The van der Waals surface area contributed by atoms with Crippen molar-refractivity contribution in [3.8, 4) is 0 Å². The first-order chi connectivity index (χ1) is 17.4. The molecule has 212 valence electrons. The van der Waals surface area contributed by atoms with Gasteiger partial charge in [-0.05, 0) is 91.2 Å². The molecular formula is C27H43BBr3N6O-. The molecule has 0 radical (unpaired) electrons. The Bertz CT molecular complexity index is 1230. The highest BCUT2D eigenvalue weighted by molar-refractivity contribution is 9.11. The molecule has 0 amide bonds. The van der Waals surface area contributed by atoms with Crippen molar-refractivity contribution in [3.05, 3.63) is 47.6 Å². The standard InChI is InChI=1S/C27H43BBr3N6O/c1-13(2)21-18(29)23(15(5)6)35(32-21)28(36-24(16(7)8)19(30)22(33-36)14(3)4)37-25(17(9)10)20(31)26(34-37)27(11,12)38/h13-17,28,38H,1-12H3/q-1. The number of aromatic nitrogens is 6. The fourth-order valence-electron chi connectivity index (χ4n) is 5.21. The second-order valence-corrected chi connectivity index (χ2v) is 14.9. The van der Waals surface area contributed by atoms with Gasteiger partial charge in [-0.15, -0.1) is 0 Å². The van der Waals surface area contributed by atoms with E-state index in [0.717, 1.165) is 41.9 Å². The Hall–Kier alpha value is -0.905. The van der Waals surface area contributed by atoms with Crippen LogP contribution < -0.4 is 0 Å². The molecule has 0 spiro atoms. The lowest BCUT2D eigenvalue weighted by atomic mass is 9.89. The van der Waals surface area contributed by atoms with Gasteiger partial charge in [-0.2, -0.15) is 0 Å². The summed E-state index contributed by atoms with van der Waals surface area (Å²) in [5.74, 6) is 1.04. The number of halogens is 3. The molecule has 0 aromatic carbocycles. The highest BCUT2D eigenvalue weighted by Crippen LogP contribution is 2.38. The molecule has 0 saturated carbocycles. The summed E-state index contributed by atoms with van der Waals surface area (Å²) in [6, 6.07) is 0. The first kappa shape index (κ1) is 31.6. The Morgan fingerprint density at radius 2 is 0.895 bits per heavy atom. The van der Waals surface area contributed by atoms with Crippen molar-refractivity contribution in [2.24, 2.45) is 0 Å². The van der Waals surface area contributed by atoms with Crippen molar-refractivity contribution in [2.75, 3.05) is 0 Å². The van der Waals surface area contributed by atoms with E-state index in [0.29, 0.717) is 5.69 Å². The number of hydrogen-bond donors (Lipinski definition) is 1. The third-order valence-corrected chi connectivity index (χ3v) is 9.37. The van der Waals surface area contributed by atoms with Crippen molar-refractivity contribution < 1.29 is 5.11 Å². The molecule has 0 aliphatic rings. The van der Waals surface area contributed by atoms with Crippen molar-refractivity contribution >= 4 is 54.9 Å². The smallest absolute Gasteiger partial charge is 0.326 e. The van der Waals surface area contributed by atoms with Crippen molar-refractivity contribution in [1.29, 1.82) is 0 Å². The SMILES string of the molecule is CC(C)c1nn([BH-](n2nc(C(C)C)c(Br)c2C(C)C)n2nc(C(C)(C)O)c(Br)c2C(C)C)c(C(C)C)c1Br. The second kappa shape index (κ2) is 11.5. The third-order valence-electron chi connectivity index (χ3n) is 6.96. The summed E-state index contributed by atoms with van der Waals surface area (Å²) >= 11 is 11.7. The van der Waals surface area contributed by atoms with Gasteiger partial charge in [-0.1, -0.05) is 69.2 Å². The lowest BCUT2D eigenvalue weighted by Crippen LogP contribution is -2.47. The largest absolute Gasteiger partial charge is 0.399 e. The summed E-state index contributed by atoms with van der Waals surface area (Å²) in [5.41, 5.74) is 4.78. The first-order valence-corrected chi connectivity index (χ1v) is 16.0. The van der Waals surface area contributed by atoms with Gasteiger partial charge < -0.3 is 18.9 Å². The fourth-order valence-corrected chi connectivity index (χ4v) is 8.83. The molecule has 7 nitrogen and oxygen atoms in total. The summed E-state index contributed by atoms with van der Waals surface area (Å²) in [4.78, 5) is 0. The Kier molecular flexibility index (Phi) is 9.59. The molecule has 0 bridgehead atoms. The maximum absolute atomic E-state index is 11.1. The first-order valence-electron chi connectivity index (χ1n) is 13.6. The predicted molar refractivity (Wildman–Crippen MR) is 169 cm³/mol. The van der Waals surface area contributed by atoms with Gasteiger partial charge in [0.2, 0.25) is 0 Å². The minimum Gasteiger partial charge on any atom is -0.399 e. The average Bonchev–Trinajstić information content (AvgIpc) is 3.39. The zero-order valence-corrected chi connectivity index (χ0v) is 29.6. The average molecular weight is 718 g/mol. The van der Waals surface area contributed by atoms with Gasteiger partial charge in [0.1, 0.15) is 11.3 Å². The monoisotopic (exact) mass is 715 g/mol. The van der Waals surface area contributed by atoms with Gasteiger partial charge in [0.05, 0.1) is 24.8 Å². The summed E-state index contributed by atoms with van der Waals surface area (Å²) in [7, 11) is -1.74. The van der Waals surface area contributed by atoms with Crippen LogP contribution in [0.5, 0.6) is 0 Å². The van der Waals surface area contributed by atoms with Crippen LogP contribution in [0.2, 0.25) is 0 Å². The van der Waals surface area contributed by atoms with Gasteiger partial charge in [-0.25, -0.2) is 15.3 Å². The van der Waals surface area contributed by atoms with Crippen LogP contribution in [0.1, 0.15) is 147 Å². The highest BCUT2D eigenvalue weighted by atomic mass is 79.9. The van der Waals surface area contributed by atoms with Gasteiger partial charge in [0, 0.05) is 17.1 Å². The van der Waals surface area contributed by atoms with E-state index in [2.05, 4.69) is 131 Å². The van der Waals surface area contributed by atoms with Crippen LogP contribution in [0.3, 0.4) is 0 Å².